The molecule has 90 valence electrons. The van der Waals surface area contributed by atoms with Gasteiger partial charge in [0, 0.05) is 25.2 Å². The summed E-state index contributed by atoms with van der Waals surface area (Å²) in [7, 11) is 0. The lowest BCUT2D eigenvalue weighted by atomic mass is 9.94. The molecule has 0 amide bonds. The lowest BCUT2D eigenvalue weighted by Gasteiger charge is -2.10. The molecule has 0 bridgehead atoms. The third-order valence-electron chi connectivity index (χ3n) is 3.60. The van der Waals surface area contributed by atoms with Gasteiger partial charge in [0.25, 0.3) is 0 Å². The van der Waals surface area contributed by atoms with Crippen molar-refractivity contribution in [2.75, 3.05) is 0 Å². The third-order valence-corrected chi connectivity index (χ3v) is 3.60. The Labute approximate surface area is 107 Å². The van der Waals surface area contributed by atoms with Gasteiger partial charge in [-0.2, -0.15) is 0 Å². The highest BCUT2D eigenvalue weighted by molar-refractivity contribution is 5.81. The second-order valence-electron chi connectivity index (χ2n) is 4.85. The van der Waals surface area contributed by atoms with Crippen LogP contribution in [0.2, 0.25) is 0 Å². The van der Waals surface area contributed by atoms with Crippen LogP contribution in [-0.4, -0.2) is 10.8 Å². The second kappa shape index (κ2) is 4.73. The molecule has 2 aromatic rings. The topological polar surface area (TPSA) is 30.0 Å². The SMILES string of the molecule is O=C1CCC(c2cccc(-c3cccnc3)c2)C1. The Morgan fingerprint density at radius 3 is 2.72 bits per heavy atom. The Balaban J connectivity index is 1.92. The molecule has 0 aliphatic heterocycles. The number of hydrogen-bond donors (Lipinski definition) is 0. The predicted octanol–water partition coefficient (Wildman–Crippen LogP) is 3.59. The molecule has 0 spiro atoms. The zero-order valence-electron chi connectivity index (χ0n) is 10.2. The summed E-state index contributed by atoms with van der Waals surface area (Å²) in [6.07, 6.45) is 6.09. The average Bonchev–Trinajstić information content (AvgIpc) is 2.87. The zero-order valence-corrected chi connectivity index (χ0v) is 10.2. The van der Waals surface area contributed by atoms with E-state index in [9.17, 15) is 4.79 Å². The molecule has 18 heavy (non-hydrogen) atoms. The molecule has 1 fully saturated rings. The van der Waals surface area contributed by atoms with Crippen LogP contribution in [0.25, 0.3) is 11.1 Å². The van der Waals surface area contributed by atoms with E-state index in [2.05, 4.69) is 35.3 Å². The molecule has 2 nitrogen and oxygen atoms in total. The van der Waals surface area contributed by atoms with Crippen molar-refractivity contribution in [3.8, 4) is 11.1 Å². The van der Waals surface area contributed by atoms with E-state index in [0.29, 0.717) is 18.1 Å². The van der Waals surface area contributed by atoms with Crippen LogP contribution < -0.4 is 0 Å². The molecule has 0 radical (unpaired) electrons. The second-order valence-corrected chi connectivity index (χ2v) is 4.85. The molecule has 0 saturated heterocycles. The minimum Gasteiger partial charge on any atom is -0.300 e. The fraction of sp³-hybridized carbons (Fsp3) is 0.250. The molecular weight excluding hydrogens is 222 g/mol. The van der Waals surface area contributed by atoms with Crippen LogP contribution >= 0.6 is 0 Å². The Hall–Kier alpha value is -1.96. The number of Topliss-reactive ketones (excluding diaryl/α,β-unsaturated/α-hetero) is 1. The van der Waals surface area contributed by atoms with Crippen molar-refractivity contribution in [3.63, 3.8) is 0 Å². The van der Waals surface area contributed by atoms with Crippen LogP contribution in [0, 0.1) is 0 Å². The van der Waals surface area contributed by atoms with E-state index in [0.717, 1.165) is 18.4 Å². The maximum atomic E-state index is 11.4. The molecule has 1 aromatic carbocycles. The predicted molar refractivity (Wildman–Crippen MR) is 71.3 cm³/mol. The van der Waals surface area contributed by atoms with E-state index in [1.165, 1.54) is 11.1 Å². The summed E-state index contributed by atoms with van der Waals surface area (Å²) in [6, 6.07) is 12.5. The lowest BCUT2D eigenvalue weighted by molar-refractivity contribution is -0.117. The summed E-state index contributed by atoms with van der Waals surface area (Å²) < 4.78 is 0. The summed E-state index contributed by atoms with van der Waals surface area (Å²) in [5.41, 5.74) is 3.59. The number of carbonyl (C=O) groups is 1. The van der Waals surface area contributed by atoms with Crippen LogP contribution in [0.5, 0.6) is 0 Å². The smallest absolute Gasteiger partial charge is 0.133 e. The number of benzene rings is 1. The van der Waals surface area contributed by atoms with Gasteiger partial charge in [-0.15, -0.1) is 0 Å². The summed E-state index contributed by atoms with van der Waals surface area (Å²) >= 11 is 0. The van der Waals surface area contributed by atoms with Crippen molar-refractivity contribution < 1.29 is 4.79 Å². The highest BCUT2D eigenvalue weighted by Gasteiger charge is 2.23. The summed E-state index contributed by atoms with van der Waals surface area (Å²) in [6.45, 7) is 0. The Bertz CT molecular complexity index is 562. The summed E-state index contributed by atoms with van der Waals surface area (Å²) in [5, 5.41) is 0. The standard InChI is InChI=1S/C16H15NO/c18-16-7-6-14(10-16)12-3-1-4-13(9-12)15-5-2-8-17-11-15/h1-5,8-9,11,14H,6-7,10H2. The number of hydrogen-bond acceptors (Lipinski definition) is 2. The monoisotopic (exact) mass is 237 g/mol. The number of carbonyl (C=O) groups excluding carboxylic acids is 1. The first kappa shape index (κ1) is 11.1. The number of rotatable bonds is 2. The Morgan fingerprint density at radius 2 is 2.00 bits per heavy atom. The molecule has 1 unspecified atom stereocenters. The van der Waals surface area contributed by atoms with E-state index in [-0.39, 0.29) is 0 Å². The van der Waals surface area contributed by atoms with Crippen molar-refractivity contribution in [2.45, 2.75) is 25.2 Å². The Kier molecular flexibility index (Phi) is 2.93. The minimum atomic E-state index is 0.395. The van der Waals surface area contributed by atoms with Crippen LogP contribution in [0.1, 0.15) is 30.7 Å². The molecule has 1 aromatic heterocycles. The molecule has 1 saturated carbocycles. The number of pyridine rings is 1. The van der Waals surface area contributed by atoms with Crippen LogP contribution in [0.3, 0.4) is 0 Å². The number of ketones is 1. The van der Waals surface area contributed by atoms with Gasteiger partial charge in [-0.3, -0.25) is 9.78 Å². The maximum absolute atomic E-state index is 11.4. The van der Waals surface area contributed by atoms with Gasteiger partial charge >= 0.3 is 0 Å². The lowest BCUT2D eigenvalue weighted by Crippen LogP contribution is -1.94. The van der Waals surface area contributed by atoms with Gasteiger partial charge < -0.3 is 0 Å². The first-order valence-corrected chi connectivity index (χ1v) is 6.35. The number of nitrogens with zero attached hydrogens (tertiary/aromatic N) is 1. The highest BCUT2D eigenvalue weighted by Crippen LogP contribution is 2.33. The van der Waals surface area contributed by atoms with Gasteiger partial charge in [0.05, 0.1) is 0 Å². The van der Waals surface area contributed by atoms with E-state index < -0.39 is 0 Å². The average molecular weight is 237 g/mol. The van der Waals surface area contributed by atoms with Crippen molar-refractivity contribution in [1.29, 1.82) is 0 Å². The van der Waals surface area contributed by atoms with Crippen molar-refractivity contribution >= 4 is 5.78 Å². The van der Waals surface area contributed by atoms with Crippen LogP contribution in [-0.2, 0) is 4.79 Å². The molecule has 2 heteroatoms. The summed E-state index contributed by atoms with van der Waals surface area (Å²) in [5.74, 6) is 0.806. The first-order valence-electron chi connectivity index (χ1n) is 6.35. The molecule has 0 N–H and O–H groups in total. The van der Waals surface area contributed by atoms with E-state index >= 15 is 0 Å². The van der Waals surface area contributed by atoms with Crippen molar-refractivity contribution in [1.82, 2.24) is 4.98 Å². The molecule has 1 aliphatic carbocycles. The quantitative estimate of drug-likeness (QED) is 0.799. The Morgan fingerprint density at radius 1 is 1.11 bits per heavy atom. The molecule has 1 aliphatic rings. The van der Waals surface area contributed by atoms with Crippen LogP contribution in [0.15, 0.2) is 48.8 Å². The zero-order chi connectivity index (χ0) is 12.4. The van der Waals surface area contributed by atoms with Gasteiger partial charge in [-0.25, -0.2) is 0 Å². The first-order chi connectivity index (χ1) is 8.83. The van der Waals surface area contributed by atoms with Crippen molar-refractivity contribution in [2.24, 2.45) is 0 Å². The van der Waals surface area contributed by atoms with Crippen molar-refractivity contribution in [3.05, 3.63) is 54.4 Å². The molecule has 1 atom stereocenters. The molecule has 1 heterocycles. The highest BCUT2D eigenvalue weighted by atomic mass is 16.1. The van der Waals surface area contributed by atoms with E-state index in [1.807, 2.05) is 12.3 Å². The fourth-order valence-corrected chi connectivity index (χ4v) is 2.60. The van der Waals surface area contributed by atoms with Gasteiger partial charge in [0.1, 0.15) is 5.78 Å². The largest absolute Gasteiger partial charge is 0.300 e. The van der Waals surface area contributed by atoms with Crippen LogP contribution in [0.4, 0.5) is 0 Å². The van der Waals surface area contributed by atoms with E-state index in [1.54, 1.807) is 6.20 Å². The minimum absolute atomic E-state index is 0.395. The van der Waals surface area contributed by atoms with Gasteiger partial charge in [0.15, 0.2) is 0 Å². The maximum Gasteiger partial charge on any atom is 0.133 e. The van der Waals surface area contributed by atoms with Gasteiger partial charge in [-0.05, 0) is 35.1 Å². The van der Waals surface area contributed by atoms with Gasteiger partial charge in [0.2, 0.25) is 0 Å². The van der Waals surface area contributed by atoms with E-state index in [4.69, 9.17) is 0 Å². The molecular formula is C16H15NO. The normalized spacial score (nSPS) is 19.1. The van der Waals surface area contributed by atoms with Gasteiger partial charge in [-0.1, -0.05) is 30.3 Å². The number of aromatic nitrogens is 1. The summed E-state index contributed by atoms with van der Waals surface area (Å²) in [4.78, 5) is 15.5. The fourth-order valence-electron chi connectivity index (χ4n) is 2.60. The molecule has 3 rings (SSSR count). The third kappa shape index (κ3) is 2.19.